The predicted molar refractivity (Wildman–Crippen MR) is 82.2 cm³/mol. The lowest BCUT2D eigenvalue weighted by Crippen LogP contribution is -2.24. The fourth-order valence-electron chi connectivity index (χ4n) is 2.01. The van der Waals surface area contributed by atoms with Crippen molar-refractivity contribution in [2.75, 3.05) is 23.7 Å². The van der Waals surface area contributed by atoms with Crippen LogP contribution in [0.1, 0.15) is 19.8 Å². The zero-order chi connectivity index (χ0) is 13.7. The summed E-state index contributed by atoms with van der Waals surface area (Å²) in [4.78, 5) is 23.1. The van der Waals surface area contributed by atoms with Crippen molar-refractivity contribution in [2.24, 2.45) is 5.92 Å². The highest BCUT2D eigenvalue weighted by molar-refractivity contribution is 5.94. The molecule has 5 nitrogen and oxygen atoms in total. The van der Waals surface area contributed by atoms with Crippen LogP contribution < -0.4 is 16.0 Å². The van der Waals surface area contributed by atoms with Crippen LogP contribution in [-0.2, 0) is 9.59 Å². The maximum atomic E-state index is 11.9. The van der Waals surface area contributed by atoms with Crippen molar-refractivity contribution in [1.29, 1.82) is 0 Å². The maximum absolute atomic E-state index is 11.9. The van der Waals surface area contributed by atoms with Gasteiger partial charge in [-0.2, -0.15) is 0 Å². The van der Waals surface area contributed by atoms with E-state index in [9.17, 15) is 9.59 Å². The Hall–Kier alpha value is -1.59. The molecular weight excluding hydrogens is 278 g/mol. The van der Waals surface area contributed by atoms with Gasteiger partial charge in [0.25, 0.3) is 0 Å². The maximum Gasteiger partial charge on any atom is 0.228 e. The van der Waals surface area contributed by atoms with Gasteiger partial charge >= 0.3 is 0 Å². The summed E-state index contributed by atoms with van der Waals surface area (Å²) in [6.07, 6.45) is 1.34. The topological polar surface area (TPSA) is 70.2 Å². The number of carbonyl (C=O) groups is 2. The van der Waals surface area contributed by atoms with E-state index in [1.807, 2.05) is 0 Å². The van der Waals surface area contributed by atoms with E-state index in [4.69, 9.17) is 0 Å². The van der Waals surface area contributed by atoms with Crippen LogP contribution in [-0.4, -0.2) is 24.9 Å². The molecule has 6 heteroatoms. The number of anilines is 2. The summed E-state index contributed by atoms with van der Waals surface area (Å²) < 4.78 is 0. The largest absolute Gasteiger partial charge is 0.326 e. The van der Waals surface area contributed by atoms with Gasteiger partial charge < -0.3 is 16.0 Å². The van der Waals surface area contributed by atoms with Crippen molar-refractivity contribution in [2.45, 2.75) is 19.8 Å². The second kappa shape index (κ2) is 7.87. The van der Waals surface area contributed by atoms with E-state index in [-0.39, 0.29) is 30.1 Å². The van der Waals surface area contributed by atoms with Gasteiger partial charge in [0.15, 0.2) is 0 Å². The summed E-state index contributed by atoms with van der Waals surface area (Å²) in [5, 5.41) is 8.82. The van der Waals surface area contributed by atoms with Crippen LogP contribution >= 0.6 is 12.4 Å². The smallest absolute Gasteiger partial charge is 0.228 e. The third-order valence-corrected chi connectivity index (χ3v) is 3.19. The Kier molecular flexibility index (Phi) is 6.48. The van der Waals surface area contributed by atoms with Crippen LogP contribution in [0.5, 0.6) is 0 Å². The van der Waals surface area contributed by atoms with E-state index in [0.29, 0.717) is 6.42 Å². The van der Waals surface area contributed by atoms with Crippen molar-refractivity contribution in [1.82, 2.24) is 5.32 Å². The Bertz CT molecular complexity index is 456. The van der Waals surface area contributed by atoms with Crippen LogP contribution in [0.4, 0.5) is 11.4 Å². The minimum absolute atomic E-state index is 0. The fourth-order valence-corrected chi connectivity index (χ4v) is 2.01. The van der Waals surface area contributed by atoms with Gasteiger partial charge in [-0.1, -0.05) is 6.92 Å². The van der Waals surface area contributed by atoms with E-state index in [1.54, 1.807) is 31.2 Å². The summed E-state index contributed by atoms with van der Waals surface area (Å²) in [6.45, 7) is 3.45. The number of hydrogen-bond donors (Lipinski definition) is 3. The highest BCUT2D eigenvalue weighted by Gasteiger charge is 2.22. The van der Waals surface area contributed by atoms with Gasteiger partial charge in [0, 0.05) is 24.3 Å². The first-order valence-corrected chi connectivity index (χ1v) is 6.60. The monoisotopic (exact) mass is 297 g/mol. The Morgan fingerprint density at radius 2 is 1.80 bits per heavy atom. The number of amides is 2. The van der Waals surface area contributed by atoms with E-state index in [1.165, 1.54) is 0 Å². The molecule has 1 aromatic rings. The molecular formula is C14H20ClN3O2. The molecule has 1 unspecified atom stereocenters. The van der Waals surface area contributed by atoms with E-state index in [0.717, 1.165) is 30.9 Å². The molecule has 1 fully saturated rings. The Labute approximate surface area is 124 Å². The summed E-state index contributed by atoms with van der Waals surface area (Å²) in [6, 6.07) is 7.17. The Morgan fingerprint density at radius 1 is 1.20 bits per heavy atom. The molecule has 2 amide bonds. The van der Waals surface area contributed by atoms with Gasteiger partial charge in [0.2, 0.25) is 11.8 Å². The highest BCUT2D eigenvalue weighted by Crippen LogP contribution is 2.16. The van der Waals surface area contributed by atoms with E-state index < -0.39 is 0 Å². The SMILES string of the molecule is CCC(=O)Nc1ccc(NC(=O)C2CCNC2)cc1.Cl. The first-order chi connectivity index (χ1) is 9.19. The normalized spacial score (nSPS) is 17.1. The minimum atomic E-state index is -0.0196. The molecule has 1 saturated heterocycles. The summed E-state index contributed by atoms with van der Waals surface area (Å²) in [7, 11) is 0. The number of carbonyl (C=O) groups excluding carboxylic acids is 2. The Balaban J connectivity index is 0.00000200. The van der Waals surface area contributed by atoms with Gasteiger partial charge in [0.05, 0.1) is 5.92 Å². The average Bonchev–Trinajstić information content (AvgIpc) is 2.95. The quantitative estimate of drug-likeness (QED) is 0.796. The fraction of sp³-hybridized carbons (Fsp3) is 0.429. The minimum Gasteiger partial charge on any atom is -0.326 e. The predicted octanol–water partition coefficient (Wildman–Crippen LogP) is 2.00. The van der Waals surface area contributed by atoms with Gasteiger partial charge in [0.1, 0.15) is 0 Å². The number of halogens is 1. The molecule has 0 aliphatic carbocycles. The van der Waals surface area contributed by atoms with Crippen LogP contribution in [0.15, 0.2) is 24.3 Å². The molecule has 0 spiro atoms. The molecule has 2 rings (SSSR count). The summed E-state index contributed by atoms with van der Waals surface area (Å²) >= 11 is 0. The molecule has 1 atom stereocenters. The van der Waals surface area contributed by atoms with Crippen molar-refractivity contribution < 1.29 is 9.59 Å². The molecule has 20 heavy (non-hydrogen) atoms. The molecule has 1 heterocycles. The summed E-state index contributed by atoms with van der Waals surface area (Å²) in [5.41, 5.74) is 1.50. The third-order valence-electron chi connectivity index (χ3n) is 3.19. The second-order valence-corrected chi connectivity index (χ2v) is 4.66. The molecule has 0 aromatic heterocycles. The number of benzene rings is 1. The lowest BCUT2D eigenvalue weighted by atomic mass is 10.1. The molecule has 3 N–H and O–H groups in total. The van der Waals surface area contributed by atoms with Crippen LogP contribution in [0.25, 0.3) is 0 Å². The van der Waals surface area contributed by atoms with Crippen molar-refractivity contribution in [3.05, 3.63) is 24.3 Å². The highest BCUT2D eigenvalue weighted by atomic mass is 35.5. The van der Waals surface area contributed by atoms with Crippen LogP contribution in [0.3, 0.4) is 0 Å². The van der Waals surface area contributed by atoms with Crippen molar-refractivity contribution >= 4 is 35.6 Å². The molecule has 0 saturated carbocycles. The van der Waals surface area contributed by atoms with Gasteiger partial charge in [-0.3, -0.25) is 9.59 Å². The third kappa shape index (κ3) is 4.51. The zero-order valence-electron chi connectivity index (χ0n) is 11.4. The molecule has 110 valence electrons. The molecule has 1 aromatic carbocycles. The van der Waals surface area contributed by atoms with Gasteiger partial charge in [-0.05, 0) is 37.2 Å². The van der Waals surface area contributed by atoms with E-state index >= 15 is 0 Å². The summed E-state index contributed by atoms with van der Waals surface area (Å²) in [5.74, 6) is 0.0867. The molecule has 1 aliphatic heterocycles. The van der Waals surface area contributed by atoms with Crippen LogP contribution in [0, 0.1) is 5.92 Å². The standard InChI is InChI=1S/C14H19N3O2.ClH/c1-2-13(18)16-11-3-5-12(6-4-11)17-14(19)10-7-8-15-9-10;/h3-6,10,15H,2,7-9H2,1H3,(H,16,18)(H,17,19);1H. The number of hydrogen-bond acceptors (Lipinski definition) is 3. The Morgan fingerprint density at radius 3 is 2.30 bits per heavy atom. The van der Waals surface area contributed by atoms with Crippen LogP contribution in [0.2, 0.25) is 0 Å². The molecule has 0 radical (unpaired) electrons. The second-order valence-electron chi connectivity index (χ2n) is 4.66. The van der Waals surface area contributed by atoms with Gasteiger partial charge in [-0.15, -0.1) is 12.4 Å². The van der Waals surface area contributed by atoms with Crippen molar-refractivity contribution in [3.8, 4) is 0 Å². The first-order valence-electron chi connectivity index (χ1n) is 6.60. The van der Waals surface area contributed by atoms with Crippen molar-refractivity contribution in [3.63, 3.8) is 0 Å². The lowest BCUT2D eigenvalue weighted by Gasteiger charge is -2.10. The number of rotatable bonds is 4. The van der Waals surface area contributed by atoms with Gasteiger partial charge in [-0.25, -0.2) is 0 Å². The zero-order valence-corrected chi connectivity index (χ0v) is 12.3. The van der Waals surface area contributed by atoms with E-state index in [2.05, 4.69) is 16.0 Å². The molecule has 1 aliphatic rings. The average molecular weight is 298 g/mol. The first kappa shape index (κ1) is 16.5. The number of nitrogens with one attached hydrogen (secondary N) is 3. The molecule has 0 bridgehead atoms. The lowest BCUT2D eigenvalue weighted by molar-refractivity contribution is -0.119.